The first-order valence-electron chi connectivity index (χ1n) is 10.6. The molecule has 0 amide bonds. The average Bonchev–Trinajstić information content (AvgIpc) is 3.31. The number of hydrogen-bond donors (Lipinski definition) is 3. The van der Waals surface area contributed by atoms with Crippen LogP contribution in [0.25, 0.3) is 11.4 Å². The van der Waals surface area contributed by atoms with Crippen molar-refractivity contribution in [2.24, 2.45) is 0 Å². The summed E-state index contributed by atoms with van der Waals surface area (Å²) in [5.41, 5.74) is -0.301. The standard InChI is InChI=1S/C23H22N6O5/c1-15(30)20-22(33)28(17-9-5-3-6-10-17)24-26(20)13-19(32)14-27-21(16(2)31)23(34)29(25-27)18-11-7-4-8-12-18/h3-12,19,32H,13-14H2,1-2H3/p+2. The van der Waals surface area contributed by atoms with E-state index < -0.39 is 28.8 Å². The molecule has 4 rings (SSSR count). The van der Waals surface area contributed by atoms with Gasteiger partial charge in [0.25, 0.3) is 11.4 Å². The molecule has 174 valence electrons. The van der Waals surface area contributed by atoms with E-state index in [9.17, 15) is 24.3 Å². The Kier molecular flexibility index (Phi) is 6.19. The van der Waals surface area contributed by atoms with Crippen molar-refractivity contribution in [3.63, 3.8) is 0 Å². The molecule has 0 bridgehead atoms. The van der Waals surface area contributed by atoms with Gasteiger partial charge >= 0.3 is 11.1 Å². The van der Waals surface area contributed by atoms with E-state index in [2.05, 4.69) is 10.4 Å². The molecule has 11 heteroatoms. The van der Waals surface area contributed by atoms with E-state index in [1.165, 1.54) is 32.6 Å². The maximum absolute atomic E-state index is 12.8. The summed E-state index contributed by atoms with van der Waals surface area (Å²) in [5, 5.41) is 16.4. The van der Waals surface area contributed by atoms with Crippen molar-refractivity contribution < 1.29 is 24.1 Å². The Bertz CT molecular complexity index is 1350. The minimum absolute atomic E-state index is 0.130. The molecule has 0 fully saturated rings. The molecule has 11 nitrogen and oxygen atoms in total. The topological polar surface area (TPSA) is 138 Å². The molecule has 0 unspecified atom stereocenters. The first-order valence-corrected chi connectivity index (χ1v) is 10.6. The number of ketones is 2. The number of carbonyl (C=O) groups is 2. The minimum Gasteiger partial charge on any atom is -0.385 e. The van der Waals surface area contributed by atoms with Gasteiger partial charge in [-0.15, -0.1) is 9.36 Å². The predicted molar refractivity (Wildman–Crippen MR) is 119 cm³/mol. The van der Waals surface area contributed by atoms with E-state index in [1.807, 2.05) is 0 Å². The van der Waals surface area contributed by atoms with Crippen molar-refractivity contribution in [1.82, 2.24) is 19.8 Å². The highest BCUT2D eigenvalue weighted by molar-refractivity contribution is 5.90. The van der Waals surface area contributed by atoms with Gasteiger partial charge in [-0.05, 0) is 24.3 Å². The monoisotopic (exact) mass is 464 g/mol. The number of aliphatic hydroxyl groups is 1. The van der Waals surface area contributed by atoms with Crippen molar-refractivity contribution in [3.05, 3.63) is 92.8 Å². The number of nitrogens with zero attached hydrogens (tertiary/aromatic N) is 4. The van der Waals surface area contributed by atoms with Crippen LogP contribution < -0.4 is 20.5 Å². The Morgan fingerprint density at radius 2 is 1.12 bits per heavy atom. The lowest BCUT2D eigenvalue weighted by atomic mass is 10.2. The van der Waals surface area contributed by atoms with Gasteiger partial charge in [-0.25, -0.2) is 9.59 Å². The molecule has 4 aromatic rings. The zero-order chi connectivity index (χ0) is 24.4. The normalized spacial score (nSPS) is 11.2. The summed E-state index contributed by atoms with van der Waals surface area (Å²) in [4.78, 5) is 50.0. The summed E-state index contributed by atoms with van der Waals surface area (Å²) < 4.78 is 4.96. The Morgan fingerprint density at radius 3 is 1.44 bits per heavy atom. The third kappa shape index (κ3) is 4.28. The van der Waals surface area contributed by atoms with Gasteiger partial charge in [0, 0.05) is 13.8 Å². The number of aromatic nitrogens is 6. The van der Waals surface area contributed by atoms with Crippen LogP contribution in [0.2, 0.25) is 0 Å². The van der Waals surface area contributed by atoms with Crippen LogP contribution in [-0.2, 0) is 13.1 Å². The zero-order valence-electron chi connectivity index (χ0n) is 18.6. The Morgan fingerprint density at radius 1 is 0.765 bits per heavy atom. The van der Waals surface area contributed by atoms with E-state index in [1.54, 1.807) is 60.7 Å². The Balaban J connectivity index is 1.67. The molecule has 0 aliphatic heterocycles. The van der Waals surface area contributed by atoms with Gasteiger partial charge < -0.3 is 5.11 Å². The second-order valence-corrected chi connectivity index (χ2v) is 7.84. The van der Waals surface area contributed by atoms with Crippen LogP contribution in [0.5, 0.6) is 0 Å². The van der Waals surface area contributed by atoms with Crippen LogP contribution in [0, 0.1) is 0 Å². The summed E-state index contributed by atoms with van der Waals surface area (Å²) in [6.45, 7) is 2.21. The summed E-state index contributed by atoms with van der Waals surface area (Å²) in [6.07, 6.45) is -1.16. The number of aromatic amines is 2. The summed E-state index contributed by atoms with van der Waals surface area (Å²) in [7, 11) is 0. The molecule has 0 aliphatic rings. The number of para-hydroxylation sites is 2. The molecule has 0 spiro atoms. The minimum atomic E-state index is -1.16. The molecule has 2 aromatic heterocycles. The van der Waals surface area contributed by atoms with Crippen molar-refractivity contribution in [3.8, 4) is 11.4 Å². The number of nitrogens with one attached hydrogen (secondary N) is 2. The van der Waals surface area contributed by atoms with E-state index in [0.717, 1.165) is 0 Å². The maximum atomic E-state index is 12.8. The molecule has 3 N–H and O–H groups in total. The van der Waals surface area contributed by atoms with Crippen molar-refractivity contribution >= 4 is 11.6 Å². The molecule has 0 atom stereocenters. The third-order valence-electron chi connectivity index (χ3n) is 5.27. The molecule has 0 saturated heterocycles. The number of Topliss-reactive ketones (excluding diaryl/α,β-unsaturated/α-hetero) is 2. The van der Waals surface area contributed by atoms with Crippen LogP contribution >= 0.6 is 0 Å². The number of hydrogen-bond acceptors (Lipinski definition) is 5. The largest absolute Gasteiger partial charge is 0.409 e. The van der Waals surface area contributed by atoms with E-state index in [0.29, 0.717) is 11.4 Å². The molecule has 2 aromatic carbocycles. The van der Waals surface area contributed by atoms with E-state index in [4.69, 9.17) is 0 Å². The highest BCUT2D eigenvalue weighted by Gasteiger charge is 2.31. The van der Waals surface area contributed by atoms with Gasteiger partial charge in [-0.3, -0.25) is 9.59 Å². The summed E-state index contributed by atoms with van der Waals surface area (Å²) >= 11 is 0. The highest BCUT2D eigenvalue weighted by Crippen LogP contribution is 2.03. The SMILES string of the molecule is CC(=O)c1c(=O)n(-c2ccccc2)[nH][n+]1CC(O)C[n+]1[nH]n(-c2ccccc2)c(=O)c1C(C)=O. The van der Waals surface area contributed by atoms with Crippen molar-refractivity contribution in [2.75, 3.05) is 0 Å². The smallest absolute Gasteiger partial charge is 0.385 e. The second kappa shape index (κ2) is 9.24. The lowest BCUT2D eigenvalue weighted by Crippen LogP contribution is -2.53. The van der Waals surface area contributed by atoms with Gasteiger partial charge in [0.15, 0.2) is 11.4 Å². The zero-order valence-corrected chi connectivity index (χ0v) is 18.6. The van der Waals surface area contributed by atoms with Crippen LogP contribution in [0.4, 0.5) is 0 Å². The average molecular weight is 464 g/mol. The molecule has 0 saturated carbocycles. The highest BCUT2D eigenvalue weighted by atomic mass is 16.3. The van der Waals surface area contributed by atoms with Crippen molar-refractivity contribution in [2.45, 2.75) is 33.0 Å². The Labute approximate surface area is 193 Å². The first-order chi connectivity index (χ1) is 16.3. The van der Waals surface area contributed by atoms with Crippen molar-refractivity contribution in [1.29, 1.82) is 0 Å². The molecular formula is C23H24N6O5+2. The van der Waals surface area contributed by atoms with Gasteiger partial charge in [-0.1, -0.05) is 56.2 Å². The number of aliphatic hydroxyl groups excluding tert-OH is 1. The van der Waals surface area contributed by atoms with E-state index >= 15 is 0 Å². The fourth-order valence-electron chi connectivity index (χ4n) is 3.80. The molecule has 0 radical (unpaired) electrons. The van der Waals surface area contributed by atoms with E-state index in [-0.39, 0.29) is 24.5 Å². The van der Waals surface area contributed by atoms with Crippen LogP contribution in [0.3, 0.4) is 0 Å². The van der Waals surface area contributed by atoms with Gasteiger partial charge in [0.1, 0.15) is 19.2 Å². The lowest BCUT2D eigenvalue weighted by molar-refractivity contribution is -0.792. The molecular weight excluding hydrogens is 440 g/mol. The summed E-state index contributed by atoms with van der Waals surface area (Å²) in [6, 6.07) is 17.4. The van der Waals surface area contributed by atoms with Gasteiger partial charge in [-0.2, -0.15) is 0 Å². The molecule has 34 heavy (non-hydrogen) atoms. The second-order valence-electron chi connectivity index (χ2n) is 7.84. The van der Waals surface area contributed by atoms with Crippen LogP contribution in [0.1, 0.15) is 34.8 Å². The van der Waals surface area contributed by atoms with Crippen LogP contribution in [-0.4, -0.2) is 42.6 Å². The number of H-pyrrole nitrogens is 2. The number of carbonyl (C=O) groups excluding carboxylic acids is 2. The lowest BCUT2D eigenvalue weighted by Gasteiger charge is -2.06. The first kappa shape index (κ1) is 22.8. The van der Waals surface area contributed by atoms with Gasteiger partial charge in [0.05, 0.1) is 0 Å². The Hall–Kier alpha value is -4.38. The maximum Gasteiger partial charge on any atom is 0.409 e. The van der Waals surface area contributed by atoms with Crippen LogP contribution in [0.15, 0.2) is 70.3 Å². The third-order valence-corrected chi connectivity index (χ3v) is 5.27. The van der Waals surface area contributed by atoms with Gasteiger partial charge in [0.2, 0.25) is 11.6 Å². The number of benzene rings is 2. The fraction of sp³-hybridized carbons (Fsp3) is 0.217. The molecule has 0 aliphatic carbocycles. The quantitative estimate of drug-likeness (QED) is 0.243. The molecule has 2 heterocycles. The number of rotatable bonds is 8. The fourth-order valence-corrected chi connectivity index (χ4v) is 3.80. The predicted octanol–water partition coefficient (Wildman–Crippen LogP) is -0.314. The summed E-state index contributed by atoms with van der Waals surface area (Å²) in [5.74, 6) is -0.937.